The Morgan fingerprint density at radius 3 is 2.72 bits per heavy atom. The molecule has 4 nitrogen and oxygen atoms in total. The van der Waals surface area contributed by atoms with Crippen molar-refractivity contribution in [1.82, 2.24) is 9.55 Å². The summed E-state index contributed by atoms with van der Waals surface area (Å²) in [5, 5.41) is 0.700. The maximum atomic E-state index is 12.5. The van der Waals surface area contributed by atoms with Gasteiger partial charge in [0.05, 0.1) is 16.9 Å². The van der Waals surface area contributed by atoms with Crippen LogP contribution in [-0.4, -0.2) is 14.5 Å². The molecule has 0 spiro atoms. The average Bonchev–Trinajstić information content (AvgIpc) is 2.58. The Hall–Kier alpha value is -1.27. The quantitative estimate of drug-likeness (QED) is 0.873. The van der Waals surface area contributed by atoms with E-state index in [1.165, 1.54) is 0 Å². The second kappa shape index (κ2) is 4.78. The van der Waals surface area contributed by atoms with E-state index in [1.54, 1.807) is 15.9 Å². The molecule has 6 heteroatoms. The molecule has 0 fully saturated rings. The Kier molecular flexibility index (Phi) is 3.49. The summed E-state index contributed by atoms with van der Waals surface area (Å²) >= 11 is 6.46. The van der Waals surface area contributed by atoms with Crippen molar-refractivity contribution in [2.24, 2.45) is 5.73 Å². The highest BCUT2D eigenvalue weighted by Crippen LogP contribution is 2.26. The van der Waals surface area contributed by atoms with Gasteiger partial charge in [-0.05, 0) is 19.4 Å². The van der Waals surface area contributed by atoms with Crippen LogP contribution in [-0.2, 0) is 13.0 Å². The highest BCUT2D eigenvalue weighted by Gasteiger charge is 2.15. The van der Waals surface area contributed by atoms with Crippen LogP contribution in [0, 0.1) is 13.8 Å². The largest absolute Gasteiger partial charge is 0.392 e. The summed E-state index contributed by atoms with van der Waals surface area (Å²) in [6.45, 7) is 6.18. The zero-order valence-corrected chi connectivity index (χ0v) is 12.2. The van der Waals surface area contributed by atoms with Crippen molar-refractivity contribution in [3.8, 4) is 0 Å². The van der Waals surface area contributed by atoms with Gasteiger partial charge in [0.2, 0.25) is 0 Å². The van der Waals surface area contributed by atoms with Gasteiger partial charge >= 0.3 is 0 Å². The smallest absolute Gasteiger partial charge is 0.262 e. The van der Waals surface area contributed by atoms with E-state index in [1.807, 2.05) is 20.8 Å². The molecule has 2 N–H and O–H groups in total. The number of fused-ring (bicyclic) bond motifs is 1. The predicted molar refractivity (Wildman–Crippen MR) is 79.5 cm³/mol. The average molecular weight is 281 g/mol. The number of aromatic nitrogens is 2. The van der Waals surface area contributed by atoms with Gasteiger partial charge in [-0.1, -0.05) is 19.1 Å². The maximum absolute atomic E-state index is 12.5. The van der Waals surface area contributed by atoms with Gasteiger partial charge in [0.1, 0.15) is 10.7 Å². The fourth-order valence-electron chi connectivity index (χ4n) is 1.96. The Morgan fingerprint density at radius 1 is 1.50 bits per heavy atom. The fourth-order valence-corrected chi connectivity index (χ4v) is 3.13. The van der Waals surface area contributed by atoms with Crippen LogP contribution in [0.5, 0.6) is 0 Å². The summed E-state index contributed by atoms with van der Waals surface area (Å²) < 4.78 is 1.59. The molecule has 2 rings (SSSR count). The summed E-state index contributed by atoms with van der Waals surface area (Å²) in [7, 11) is 0. The molecular formula is C12H15N3OS2. The Balaban J connectivity index is 2.83. The van der Waals surface area contributed by atoms with Crippen molar-refractivity contribution < 1.29 is 0 Å². The first kappa shape index (κ1) is 13.2. The summed E-state index contributed by atoms with van der Waals surface area (Å²) in [6, 6.07) is 0. The lowest BCUT2D eigenvalue weighted by atomic mass is 10.2. The van der Waals surface area contributed by atoms with Crippen LogP contribution in [0.1, 0.15) is 23.2 Å². The van der Waals surface area contributed by atoms with E-state index in [0.717, 1.165) is 21.1 Å². The molecule has 0 unspecified atom stereocenters. The molecular weight excluding hydrogens is 266 g/mol. The number of nitrogens with two attached hydrogens (primary N) is 1. The lowest BCUT2D eigenvalue weighted by molar-refractivity contribution is 0.720. The molecule has 0 saturated carbocycles. The monoisotopic (exact) mass is 281 g/mol. The number of thiophene rings is 1. The molecule has 0 aliphatic carbocycles. The van der Waals surface area contributed by atoms with Crippen LogP contribution in [0.3, 0.4) is 0 Å². The van der Waals surface area contributed by atoms with Gasteiger partial charge in [0.25, 0.3) is 5.56 Å². The molecule has 0 saturated heterocycles. The first-order chi connectivity index (χ1) is 8.45. The van der Waals surface area contributed by atoms with Crippen molar-refractivity contribution in [1.29, 1.82) is 0 Å². The first-order valence-corrected chi connectivity index (χ1v) is 6.95. The normalized spacial score (nSPS) is 11.1. The van der Waals surface area contributed by atoms with Crippen LogP contribution in [0.2, 0.25) is 0 Å². The minimum Gasteiger partial charge on any atom is -0.392 e. The third kappa shape index (κ3) is 2.06. The number of nitrogens with zero attached hydrogens (tertiary/aromatic N) is 2. The van der Waals surface area contributed by atoms with Gasteiger partial charge in [-0.2, -0.15) is 0 Å². The zero-order valence-electron chi connectivity index (χ0n) is 10.6. The van der Waals surface area contributed by atoms with Gasteiger partial charge < -0.3 is 5.73 Å². The van der Waals surface area contributed by atoms with E-state index in [-0.39, 0.29) is 12.1 Å². The molecule has 0 aromatic carbocycles. The zero-order chi connectivity index (χ0) is 13.4. The summed E-state index contributed by atoms with van der Waals surface area (Å²) in [6.07, 6.45) is 0.684. The number of hydrogen-bond donors (Lipinski definition) is 1. The highest BCUT2D eigenvalue weighted by molar-refractivity contribution is 7.80. The van der Waals surface area contributed by atoms with E-state index in [2.05, 4.69) is 4.98 Å². The van der Waals surface area contributed by atoms with Crippen LogP contribution in [0.25, 0.3) is 10.2 Å². The van der Waals surface area contributed by atoms with E-state index in [0.29, 0.717) is 16.8 Å². The van der Waals surface area contributed by atoms with Gasteiger partial charge in [-0.15, -0.1) is 11.3 Å². The van der Waals surface area contributed by atoms with Gasteiger partial charge in [-0.3, -0.25) is 9.36 Å². The topological polar surface area (TPSA) is 60.9 Å². The molecule has 2 heterocycles. The van der Waals surface area contributed by atoms with Crippen LogP contribution in [0.4, 0.5) is 0 Å². The van der Waals surface area contributed by atoms with E-state index < -0.39 is 0 Å². The predicted octanol–water partition coefficient (Wildman–Crippen LogP) is 1.92. The molecule has 0 aliphatic rings. The lowest BCUT2D eigenvalue weighted by Crippen LogP contribution is -2.30. The van der Waals surface area contributed by atoms with Crippen LogP contribution in [0.15, 0.2) is 4.79 Å². The Morgan fingerprint density at radius 2 is 2.17 bits per heavy atom. The van der Waals surface area contributed by atoms with E-state index >= 15 is 0 Å². The molecule has 18 heavy (non-hydrogen) atoms. The van der Waals surface area contributed by atoms with Crippen molar-refractivity contribution in [2.45, 2.75) is 33.7 Å². The molecule has 0 amide bonds. The molecule has 2 aromatic rings. The Labute approximate surface area is 114 Å². The van der Waals surface area contributed by atoms with Crippen molar-refractivity contribution in [2.75, 3.05) is 0 Å². The van der Waals surface area contributed by atoms with E-state index in [9.17, 15) is 4.79 Å². The highest BCUT2D eigenvalue weighted by atomic mass is 32.1. The fraction of sp³-hybridized carbons (Fsp3) is 0.417. The van der Waals surface area contributed by atoms with Gasteiger partial charge in [0, 0.05) is 11.3 Å². The van der Waals surface area contributed by atoms with Crippen molar-refractivity contribution >= 4 is 38.8 Å². The van der Waals surface area contributed by atoms with Crippen molar-refractivity contribution in [3.63, 3.8) is 0 Å². The SMILES string of the molecule is CCc1nc2sc(C)c(C)c2c(=O)n1CC(N)=S. The van der Waals surface area contributed by atoms with Crippen LogP contribution < -0.4 is 11.3 Å². The summed E-state index contributed by atoms with van der Waals surface area (Å²) in [4.78, 5) is 19.3. The van der Waals surface area contributed by atoms with Crippen molar-refractivity contribution in [3.05, 3.63) is 26.6 Å². The molecule has 0 aliphatic heterocycles. The molecule has 96 valence electrons. The van der Waals surface area contributed by atoms with Gasteiger partial charge in [-0.25, -0.2) is 4.98 Å². The number of hydrogen-bond acceptors (Lipinski definition) is 4. The maximum Gasteiger partial charge on any atom is 0.262 e. The second-order valence-corrected chi connectivity index (χ2v) is 5.93. The summed E-state index contributed by atoms with van der Waals surface area (Å²) in [5.74, 6) is 0.738. The standard InChI is InChI=1S/C12H15N3OS2/c1-4-9-14-11-10(6(2)7(3)18-11)12(16)15(9)5-8(13)17/h4-5H2,1-3H3,(H2,13,17). The Bertz CT molecular complexity index is 685. The van der Waals surface area contributed by atoms with Crippen LogP contribution >= 0.6 is 23.6 Å². The molecule has 0 bridgehead atoms. The third-order valence-electron chi connectivity index (χ3n) is 3.00. The number of thiocarbonyl (C=S) groups is 1. The number of aryl methyl sites for hydroxylation is 3. The minimum atomic E-state index is -0.0356. The lowest BCUT2D eigenvalue weighted by Gasteiger charge is -2.10. The molecule has 2 aromatic heterocycles. The molecule has 0 atom stereocenters. The third-order valence-corrected chi connectivity index (χ3v) is 4.23. The molecule has 0 radical (unpaired) electrons. The second-order valence-electron chi connectivity index (χ2n) is 4.20. The first-order valence-electron chi connectivity index (χ1n) is 5.73. The summed E-state index contributed by atoms with van der Waals surface area (Å²) in [5.41, 5.74) is 6.52. The number of rotatable bonds is 3. The van der Waals surface area contributed by atoms with E-state index in [4.69, 9.17) is 18.0 Å². The minimum absolute atomic E-state index is 0.0356. The van der Waals surface area contributed by atoms with Gasteiger partial charge in [0.15, 0.2) is 0 Å².